The molecule has 0 saturated heterocycles. The largest absolute Gasteiger partial charge is 0.344 e. The Labute approximate surface area is 137 Å². The van der Waals surface area contributed by atoms with Crippen molar-refractivity contribution in [3.63, 3.8) is 0 Å². The van der Waals surface area contributed by atoms with Crippen molar-refractivity contribution in [1.82, 2.24) is 10.7 Å². The zero-order valence-electron chi connectivity index (χ0n) is 12.5. The molecule has 0 spiro atoms. The fraction of sp³-hybridized carbons (Fsp3) is 0.0625. The lowest BCUT2D eigenvalue weighted by atomic mass is 10.2. The SMILES string of the molecule is O=C(NCc1ccccc1)C(=O)N/N=C/c1ccccc1[N+](=O)[O-]. The molecule has 0 saturated carbocycles. The number of carbonyl (C=O) groups is 2. The Morgan fingerprint density at radius 1 is 1.04 bits per heavy atom. The molecule has 0 fully saturated rings. The van der Waals surface area contributed by atoms with Crippen LogP contribution in [-0.2, 0) is 16.1 Å². The molecule has 8 nitrogen and oxygen atoms in total. The van der Waals surface area contributed by atoms with E-state index in [9.17, 15) is 19.7 Å². The summed E-state index contributed by atoms with van der Waals surface area (Å²) < 4.78 is 0. The summed E-state index contributed by atoms with van der Waals surface area (Å²) in [7, 11) is 0. The van der Waals surface area contributed by atoms with Crippen molar-refractivity contribution in [2.45, 2.75) is 6.54 Å². The summed E-state index contributed by atoms with van der Waals surface area (Å²) in [6.45, 7) is 0.209. The minimum absolute atomic E-state index is 0.149. The van der Waals surface area contributed by atoms with E-state index in [1.165, 1.54) is 18.2 Å². The quantitative estimate of drug-likeness (QED) is 0.374. The van der Waals surface area contributed by atoms with Crippen LogP contribution in [-0.4, -0.2) is 23.0 Å². The highest BCUT2D eigenvalue weighted by atomic mass is 16.6. The topological polar surface area (TPSA) is 114 Å². The van der Waals surface area contributed by atoms with Gasteiger partial charge in [0.1, 0.15) is 0 Å². The second kappa shape index (κ2) is 8.18. The van der Waals surface area contributed by atoms with Crippen LogP contribution < -0.4 is 10.7 Å². The summed E-state index contributed by atoms with van der Waals surface area (Å²) >= 11 is 0. The molecule has 8 heteroatoms. The maximum Gasteiger partial charge on any atom is 0.329 e. The Kier molecular flexibility index (Phi) is 5.73. The van der Waals surface area contributed by atoms with Crippen molar-refractivity contribution in [2.75, 3.05) is 0 Å². The van der Waals surface area contributed by atoms with Gasteiger partial charge in [-0.15, -0.1) is 0 Å². The first kappa shape index (κ1) is 16.8. The monoisotopic (exact) mass is 326 g/mol. The predicted molar refractivity (Wildman–Crippen MR) is 87.1 cm³/mol. The minimum Gasteiger partial charge on any atom is -0.344 e. The van der Waals surface area contributed by atoms with Crippen LogP contribution in [0.1, 0.15) is 11.1 Å². The van der Waals surface area contributed by atoms with Crippen LogP contribution in [0.4, 0.5) is 5.69 Å². The van der Waals surface area contributed by atoms with E-state index in [1.807, 2.05) is 35.8 Å². The molecular weight excluding hydrogens is 312 g/mol. The van der Waals surface area contributed by atoms with Gasteiger partial charge in [0.2, 0.25) is 0 Å². The van der Waals surface area contributed by atoms with Crippen LogP contribution in [0, 0.1) is 10.1 Å². The summed E-state index contributed by atoms with van der Waals surface area (Å²) in [5.74, 6) is -1.81. The molecule has 0 bridgehead atoms. The predicted octanol–water partition coefficient (Wildman–Crippen LogP) is 1.36. The van der Waals surface area contributed by atoms with Crippen LogP contribution in [0.3, 0.4) is 0 Å². The molecule has 0 aliphatic rings. The van der Waals surface area contributed by atoms with Crippen molar-refractivity contribution < 1.29 is 14.5 Å². The molecule has 0 aliphatic carbocycles. The summed E-state index contributed by atoms with van der Waals surface area (Å²) in [6.07, 6.45) is 1.11. The molecular formula is C16H14N4O4. The standard InChI is InChI=1S/C16H14N4O4/c21-15(17-10-12-6-2-1-3-7-12)16(22)19-18-11-13-8-4-5-9-14(13)20(23)24/h1-9,11H,10H2,(H,17,21)(H,19,22)/b18-11+. The van der Waals surface area contributed by atoms with Gasteiger partial charge in [-0.05, 0) is 11.6 Å². The Morgan fingerprint density at radius 3 is 2.42 bits per heavy atom. The fourth-order valence-corrected chi connectivity index (χ4v) is 1.83. The van der Waals surface area contributed by atoms with Gasteiger partial charge in [-0.3, -0.25) is 19.7 Å². The molecule has 2 amide bonds. The van der Waals surface area contributed by atoms with Gasteiger partial charge in [0.15, 0.2) is 0 Å². The number of rotatable bonds is 5. The average Bonchev–Trinajstić information content (AvgIpc) is 2.60. The summed E-state index contributed by atoms with van der Waals surface area (Å²) in [5.41, 5.74) is 2.94. The number of benzene rings is 2. The second-order valence-electron chi connectivity index (χ2n) is 4.68. The van der Waals surface area contributed by atoms with Gasteiger partial charge in [0, 0.05) is 12.6 Å². The number of carbonyl (C=O) groups excluding carboxylic acids is 2. The first-order valence-electron chi connectivity index (χ1n) is 6.96. The Morgan fingerprint density at radius 2 is 1.71 bits per heavy atom. The molecule has 0 heterocycles. The number of hydrogen-bond donors (Lipinski definition) is 2. The van der Waals surface area contributed by atoms with Crippen LogP contribution in [0.15, 0.2) is 59.7 Å². The van der Waals surface area contributed by atoms with Crippen LogP contribution in [0.25, 0.3) is 0 Å². The summed E-state index contributed by atoms with van der Waals surface area (Å²) in [4.78, 5) is 33.5. The molecule has 0 atom stereocenters. The van der Waals surface area contributed by atoms with Gasteiger partial charge in [-0.2, -0.15) is 5.10 Å². The lowest BCUT2D eigenvalue weighted by Gasteiger charge is -2.03. The van der Waals surface area contributed by atoms with Gasteiger partial charge < -0.3 is 5.32 Å². The average molecular weight is 326 g/mol. The zero-order chi connectivity index (χ0) is 17.4. The van der Waals surface area contributed by atoms with E-state index in [0.717, 1.165) is 11.8 Å². The molecule has 0 aromatic heterocycles. The first-order chi connectivity index (χ1) is 11.6. The third kappa shape index (κ3) is 4.73. The Hall–Kier alpha value is -3.55. The summed E-state index contributed by atoms with van der Waals surface area (Å²) in [5, 5.41) is 16.9. The van der Waals surface area contributed by atoms with Crippen molar-refractivity contribution in [1.29, 1.82) is 0 Å². The Balaban J connectivity index is 1.88. The molecule has 2 N–H and O–H groups in total. The molecule has 0 radical (unpaired) electrons. The van der Waals surface area contributed by atoms with Gasteiger partial charge in [-0.1, -0.05) is 42.5 Å². The van der Waals surface area contributed by atoms with Crippen molar-refractivity contribution >= 4 is 23.7 Å². The van der Waals surface area contributed by atoms with E-state index < -0.39 is 16.7 Å². The molecule has 0 unspecified atom stereocenters. The molecule has 2 aromatic carbocycles. The maximum absolute atomic E-state index is 11.6. The normalized spacial score (nSPS) is 10.3. The number of hydrazone groups is 1. The van der Waals surface area contributed by atoms with Crippen LogP contribution in [0.2, 0.25) is 0 Å². The number of amides is 2. The van der Waals surface area contributed by atoms with E-state index in [0.29, 0.717) is 0 Å². The number of nitrogens with one attached hydrogen (secondary N) is 2. The minimum atomic E-state index is -0.958. The maximum atomic E-state index is 11.6. The molecule has 2 aromatic rings. The van der Waals surface area contributed by atoms with Crippen molar-refractivity contribution in [2.24, 2.45) is 5.10 Å². The van der Waals surface area contributed by atoms with Gasteiger partial charge in [0.05, 0.1) is 16.7 Å². The number of nitro groups is 1. The smallest absolute Gasteiger partial charge is 0.329 e. The van der Waals surface area contributed by atoms with E-state index in [2.05, 4.69) is 10.4 Å². The first-order valence-corrected chi connectivity index (χ1v) is 6.96. The van der Waals surface area contributed by atoms with Gasteiger partial charge >= 0.3 is 11.8 Å². The third-order valence-electron chi connectivity index (χ3n) is 3.01. The third-order valence-corrected chi connectivity index (χ3v) is 3.01. The van der Waals surface area contributed by atoms with Gasteiger partial charge in [0.25, 0.3) is 5.69 Å². The highest BCUT2D eigenvalue weighted by molar-refractivity contribution is 6.35. The van der Waals surface area contributed by atoms with E-state index in [1.54, 1.807) is 6.07 Å². The molecule has 0 aliphatic heterocycles. The van der Waals surface area contributed by atoms with Gasteiger partial charge in [-0.25, -0.2) is 5.43 Å². The molecule has 2 rings (SSSR count). The number of nitrogens with zero attached hydrogens (tertiary/aromatic N) is 2. The van der Waals surface area contributed by atoms with Crippen molar-refractivity contribution in [3.05, 3.63) is 75.8 Å². The molecule has 122 valence electrons. The van der Waals surface area contributed by atoms with E-state index >= 15 is 0 Å². The van der Waals surface area contributed by atoms with Crippen LogP contribution >= 0.6 is 0 Å². The highest BCUT2D eigenvalue weighted by Gasteiger charge is 2.13. The lowest BCUT2D eigenvalue weighted by molar-refractivity contribution is -0.385. The Bertz CT molecular complexity index is 775. The van der Waals surface area contributed by atoms with Crippen LogP contribution in [0.5, 0.6) is 0 Å². The number of hydrogen-bond acceptors (Lipinski definition) is 5. The number of para-hydroxylation sites is 1. The zero-order valence-corrected chi connectivity index (χ0v) is 12.5. The highest BCUT2D eigenvalue weighted by Crippen LogP contribution is 2.14. The lowest BCUT2D eigenvalue weighted by Crippen LogP contribution is -2.37. The summed E-state index contributed by atoms with van der Waals surface area (Å²) in [6, 6.07) is 15.0. The second-order valence-corrected chi connectivity index (χ2v) is 4.68. The fourth-order valence-electron chi connectivity index (χ4n) is 1.83. The van der Waals surface area contributed by atoms with E-state index in [4.69, 9.17) is 0 Å². The number of nitro benzene ring substituents is 1. The molecule has 24 heavy (non-hydrogen) atoms. The van der Waals surface area contributed by atoms with Crippen molar-refractivity contribution in [3.8, 4) is 0 Å². The van der Waals surface area contributed by atoms with E-state index in [-0.39, 0.29) is 17.8 Å².